The second-order valence-corrected chi connectivity index (χ2v) is 8.48. The summed E-state index contributed by atoms with van der Waals surface area (Å²) >= 11 is 0. The maximum Gasteiger partial charge on any atom is 0.409 e. The van der Waals surface area contributed by atoms with Crippen LogP contribution < -0.4 is 5.56 Å². The van der Waals surface area contributed by atoms with Crippen molar-refractivity contribution in [1.29, 1.82) is 0 Å². The number of nitrogens with zero attached hydrogens (tertiary/aromatic N) is 4. The third kappa shape index (κ3) is 5.35. The molecule has 0 radical (unpaired) electrons. The molecule has 1 fully saturated rings. The van der Waals surface area contributed by atoms with E-state index in [0.29, 0.717) is 43.1 Å². The molecule has 0 spiro atoms. The fourth-order valence-electron chi connectivity index (χ4n) is 4.49. The Balaban J connectivity index is 1.75. The van der Waals surface area contributed by atoms with Gasteiger partial charge in [-0.05, 0) is 49.7 Å². The van der Waals surface area contributed by atoms with Gasteiger partial charge < -0.3 is 19.3 Å². The molecule has 0 unspecified atom stereocenters. The van der Waals surface area contributed by atoms with E-state index in [1.807, 2.05) is 17.0 Å². The summed E-state index contributed by atoms with van der Waals surface area (Å²) in [6.07, 6.45) is 1.28. The van der Waals surface area contributed by atoms with Crippen molar-refractivity contribution in [2.75, 3.05) is 32.8 Å². The number of piperazine rings is 1. The molecule has 4 rings (SSSR count). The van der Waals surface area contributed by atoms with Crippen LogP contribution in [0.1, 0.15) is 35.5 Å². The van der Waals surface area contributed by atoms with Crippen molar-refractivity contribution in [3.05, 3.63) is 93.4 Å². The second-order valence-electron chi connectivity index (χ2n) is 8.48. The summed E-state index contributed by atoms with van der Waals surface area (Å²) < 4.78 is 20.9. The first-order valence-electron chi connectivity index (χ1n) is 11.6. The van der Waals surface area contributed by atoms with E-state index in [1.165, 1.54) is 12.1 Å². The summed E-state index contributed by atoms with van der Waals surface area (Å²) in [4.78, 5) is 33.9. The number of hydrogen-bond acceptors (Lipinski definition) is 6. The molecule has 35 heavy (non-hydrogen) atoms. The topological polar surface area (TPSA) is 87.9 Å². The predicted octanol–water partition coefficient (Wildman–Crippen LogP) is 3.31. The summed E-state index contributed by atoms with van der Waals surface area (Å²) in [5, 5.41) is 11.0. The summed E-state index contributed by atoms with van der Waals surface area (Å²) in [5.41, 5.74) is 1.65. The van der Waals surface area contributed by atoms with Gasteiger partial charge in [0.15, 0.2) is 0 Å². The van der Waals surface area contributed by atoms with Gasteiger partial charge in [-0.2, -0.15) is 0 Å². The second kappa shape index (κ2) is 10.7. The molecule has 0 bridgehead atoms. The summed E-state index contributed by atoms with van der Waals surface area (Å²) in [6.45, 7) is 5.66. The van der Waals surface area contributed by atoms with Crippen LogP contribution in [0.15, 0.2) is 59.5 Å². The molecule has 1 N–H and O–H groups in total. The molecule has 1 aliphatic heterocycles. The van der Waals surface area contributed by atoms with E-state index in [-0.39, 0.29) is 36.1 Å². The van der Waals surface area contributed by atoms with E-state index in [1.54, 1.807) is 53.8 Å². The molecule has 1 aromatic carbocycles. The maximum atomic E-state index is 14.3. The predicted molar refractivity (Wildman–Crippen MR) is 129 cm³/mol. The number of aromatic hydroxyl groups is 1. The first-order valence-corrected chi connectivity index (χ1v) is 11.6. The van der Waals surface area contributed by atoms with Crippen LogP contribution in [0.5, 0.6) is 5.75 Å². The minimum atomic E-state index is -0.696. The molecule has 9 heteroatoms. The molecular formula is C26H29FN4O4. The van der Waals surface area contributed by atoms with E-state index in [2.05, 4.69) is 4.98 Å². The molecule has 1 aliphatic rings. The minimum Gasteiger partial charge on any atom is -0.507 e. The van der Waals surface area contributed by atoms with Gasteiger partial charge in [0, 0.05) is 38.1 Å². The quantitative estimate of drug-likeness (QED) is 0.583. The normalized spacial score (nSPS) is 15.1. The zero-order valence-corrected chi connectivity index (χ0v) is 19.9. The Bertz CT molecular complexity index is 1240. The molecule has 2 aromatic heterocycles. The van der Waals surface area contributed by atoms with Crippen LogP contribution in [0, 0.1) is 12.7 Å². The summed E-state index contributed by atoms with van der Waals surface area (Å²) in [6, 6.07) is 12.4. The fourth-order valence-corrected chi connectivity index (χ4v) is 4.49. The Kier molecular flexibility index (Phi) is 7.45. The van der Waals surface area contributed by atoms with Gasteiger partial charge in [-0.1, -0.05) is 18.2 Å². The molecule has 3 heterocycles. The van der Waals surface area contributed by atoms with Crippen molar-refractivity contribution in [2.24, 2.45) is 0 Å². The lowest BCUT2D eigenvalue weighted by Crippen LogP contribution is -2.50. The number of carbonyl (C=O) groups excluding carboxylic acids is 1. The highest BCUT2D eigenvalue weighted by atomic mass is 19.1. The van der Waals surface area contributed by atoms with Gasteiger partial charge in [0.05, 0.1) is 30.5 Å². The first-order chi connectivity index (χ1) is 16.9. The van der Waals surface area contributed by atoms with E-state index >= 15 is 0 Å². The van der Waals surface area contributed by atoms with E-state index in [9.17, 15) is 19.1 Å². The van der Waals surface area contributed by atoms with Gasteiger partial charge in [-0.3, -0.25) is 14.7 Å². The monoisotopic (exact) mass is 480 g/mol. The molecule has 1 atom stereocenters. The van der Waals surface area contributed by atoms with Crippen LogP contribution in [0.3, 0.4) is 0 Å². The Labute approximate surface area is 203 Å². The first kappa shape index (κ1) is 24.4. The van der Waals surface area contributed by atoms with Gasteiger partial charge >= 0.3 is 6.09 Å². The van der Waals surface area contributed by atoms with Crippen molar-refractivity contribution in [2.45, 2.75) is 26.4 Å². The molecule has 0 saturated carbocycles. The number of rotatable bonds is 6. The minimum absolute atomic E-state index is 0.146. The van der Waals surface area contributed by atoms with Gasteiger partial charge in [0.25, 0.3) is 5.56 Å². The van der Waals surface area contributed by atoms with Gasteiger partial charge in [0.1, 0.15) is 11.6 Å². The van der Waals surface area contributed by atoms with E-state index in [4.69, 9.17) is 4.74 Å². The van der Waals surface area contributed by atoms with E-state index in [0.717, 1.165) is 0 Å². The van der Waals surface area contributed by atoms with Gasteiger partial charge in [0.2, 0.25) is 0 Å². The van der Waals surface area contributed by atoms with Crippen LogP contribution in [0.4, 0.5) is 9.18 Å². The van der Waals surface area contributed by atoms with Crippen molar-refractivity contribution in [1.82, 2.24) is 19.4 Å². The Morgan fingerprint density at radius 3 is 2.57 bits per heavy atom. The number of halogens is 1. The lowest BCUT2D eigenvalue weighted by molar-refractivity contribution is 0.0709. The number of aromatic nitrogens is 2. The average Bonchev–Trinajstić information content (AvgIpc) is 2.85. The number of aryl methyl sites for hydroxylation is 1. The number of pyridine rings is 2. The van der Waals surface area contributed by atoms with E-state index < -0.39 is 11.9 Å². The summed E-state index contributed by atoms with van der Waals surface area (Å²) in [7, 11) is 0. The maximum absolute atomic E-state index is 14.3. The van der Waals surface area contributed by atoms with Crippen LogP contribution >= 0.6 is 0 Å². The SMILES string of the molecule is CCOC(=O)N1CCN([C@H](c2cccc(F)c2)c2c(O)cc(C)n(Cc3ccccn3)c2=O)CC1. The smallest absolute Gasteiger partial charge is 0.409 e. The molecular weight excluding hydrogens is 451 g/mol. The van der Waals surface area contributed by atoms with Crippen molar-refractivity contribution >= 4 is 6.09 Å². The van der Waals surface area contributed by atoms with Crippen LogP contribution in [-0.2, 0) is 11.3 Å². The highest BCUT2D eigenvalue weighted by molar-refractivity contribution is 5.67. The number of carbonyl (C=O) groups is 1. The van der Waals surface area contributed by atoms with Crippen molar-refractivity contribution < 1.29 is 19.0 Å². The number of benzene rings is 1. The molecule has 3 aromatic rings. The molecule has 1 saturated heterocycles. The van der Waals surface area contributed by atoms with Crippen LogP contribution in [-0.4, -0.2) is 63.3 Å². The Hall–Kier alpha value is -3.72. The zero-order chi connectivity index (χ0) is 24.9. The lowest BCUT2D eigenvalue weighted by Gasteiger charge is -2.39. The molecule has 8 nitrogen and oxygen atoms in total. The highest BCUT2D eigenvalue weighted by Gasteiger charge is 2.33. The Morgan fingerprint density at radius 1 is 1.14 bits per heavy atom. The number of amides is 1. The molecule has 1 amide bonds. The number of hydrogen-bond donors (Lipinski definition) is 1. The lowest BCUT2D eigenvalue weighted by atomic mass is 9.96. The van der Waals surface area contributed by atoms with Crippen molar-refractivity contribution in [3.8, 4) is 5.75 Å². The summed E-state index contributed by atoms with van der Waals surface area (Å²) in [5.74, 6) is -0.579. The van der Waals surface area contributed by atoms with Gasteiger partial charge in [-0.25, -0.2) is 9.18 Å². The van der Waals surface area contributed by atoms with Crippen LogP contribution in [0.2, 0.25) is 0 Å². The third-order valence-electron chi connectivity index (χ3n) is 6.21. The third-order valence-corrected chi connectivity index (χ3v) is 6.21. The van der Waals surface area contributed by atoms with Crippen molar-refractivity contribution in [3.63, 3.8) is 0 Å². The largest absolute Gasteiger partial charge is 0.507 e. The highest BCUT2D eigenvalue weighted by Crippen LogP contribution is 2.33. The average molecular weight is 481 g/mol. The fraction of sp³-hybridized carbons (Fsp3) is 0.346. The number of ether oxygens (including phenoxy) is 1. The van der Waals surface area contributed by atoms with Gasteiger partial charge in [-0.15, -0.1) is 0 Å². The molecule has 184 valence electrons. The van der Waals surface area contributed by atoms with Crippen LogP contribution in [0.25, 0.3) is 0 Å². The Morgan fingerprint density at radius 2 is 1.91 bits per heavy atom. The molecule has 0 aliphatic carbocycles. The standard InChI is InChI=1S/C26H29FN4O4/c1-3-35-26(34)30-13-11-29(12-14-30)24(19-7-6-8-20(27)16-19)23-22(32)15-18(2)31(25(23)33)17-21-9-4-5-10-28-21/h4-10,15-16,24,32H,3,11-14,17H2,1-2H3/t24-/m1/s1. The zero-order valence-electron chi connectivity index (χ0n) is 19.9.